The van der Waals surface area contributed by atoms with Crippen molar-refractivity contribution >= 4 is 29.0 Å². The first-order chi connectivity index (χ1) is 13.6. The molecule has 0 aromatic heterocycles. The quantitative estimate of drug-likeness (QED) is 0.681. The SMILES string of the molecule is O=C([O-])c1cc(NN=C2C[C@H](c3ccccc3)Oc3ccccc32)ccc1Cl. The Morgan fingerprint density at radius 2 is 1.82 bits per heavy atom. The normalized spacial score (nSPS) is 16.9. The van der Waals surface area contributed by atoms with Crippen molar-refractivity contribution in [2.75, 3.05) is 5.43 Å². The number of benzene rings is 3. The molecule has 0 saturated carbocycles. The molecule has 0 aliphatic carbocycles. The number of fused-ring (bicyclic) bond motifs is 1. The molecule has 0 spiro atoms. The Labute approximate surface area is 167 Å². The van der Waals surface area contributed by atoms with Gasteiger partial charge < -0.3 is 14.6 Å². The van der Waals surface area contributed by atoms with Crippen molar-refractivity contribution in [1.29, 1.82) is 0 Å². The molecule has 1 aliphatic rings. The Morgan fingerprint density at radius 3 is 2.61 bits per heavy atom. The summed E-state index contributed by atoms with van der Waals surface area (Å²) < 4.78 is 6.15. The number of carbonyl (C=O) groups is 1. The molecule has 1 aliphatic heterocycles. The molecule has 0 fully saturated rings. The van der Waals surface area contributed by atoms with E-state index in [0.29, 0.717) is 12.1 Å². The minimum absolute atomic E-state index is 0.0820. The molecule has 5 nitrogen and oxygen atoms in total. The van der Waals surface area contributed by atoms with Crippen molar-refractivity contribution in [2.24, 2.45) is 5.10 Å². The number of hydrazone groups is 1. The van der Waals surface area contributed by atoms with Crippen LogP contribution in [-0.2, 0) is 0 Å². The molecule has 140 valence electrons. The molecule has 1 atom stereocenters. The minimum Gasteiger partial charge on any atom is -0.545 e. The van der Waals surface area contributed by atoms with Crippen LogP contribution < -0.4 is 15.3 Å². The van der Waals surface area contributed by atoms with Crippen LogP contribution in [0.4, 0.5) is 5.69 Å². The van der Waals surface area contributed by atoms with Gasteiger partial charge in [-0.15, -0.1) is 0 Å². The second kappa shape index (κ2) is 7.74. The number of halogens is 1. The maximum Gasteiger partial charge on any atom is 0.129 e. The van der Waals surface area contributed by atoms with Crippen molar-refractivity contribution in [2.45, 2.75) is 12.5 Å². The Kier molecular flexibility index (Phi) is 5.00. The first-order valence-electron chi connectivity index (χ1n) is 8.76. The van der Waals surface area contributed by atoms with Crippen LogP contribution >= 0.6 is 11.6 Å². The monoisotopic (exact) mass is 391 g/mol. The van der Waals surface area contributed by atoms with Crippen LogP contribution in [0, 0.1) is 0 Å². The van der Waals surface area contributed by atoms with Crippen LogP contribution in [0.3, 0.4) is 0 Å². The van der Waals surface area contributed by atoms with E-state index in [1.165, 1.54) is 12.1 Å². The molecule has 1 N–H and O–H groups in total. The van der Waals surface area contributed by atoms with Crippen molar-refractivity contribution in [3.8, 4) is 5.75 Å². The fourth-order valence-electron chi connectivity index (χ4n) is 3.13. The average molecular weight is 392 g/mol. The number of aromatic carboxylic acids is 1. The molecule has 28 heavy (non-hydrogen) atoms. The van der Waals surface area contributed by atoms with Gasteiger partial charge in [0.15, 0.2) is 0 Å². The first kappa shape index (κ1) is 18.1. The lowest BCUT2D eigenvalue weighted by molar-refractivity contribution is -0.255. The summed E-state index contributed by atoms with van der Waals surface area (Å²) in [5, 5.41) is 15.8. The van der Waals surface area contributed by atoms with E-state index in [1.54, 1.807) is 6.07 Å². The standard InChI is InChI=1S/C22H17ClN2O3/c23-18-11-10-15(12-17(18)22(26)27)24-25-19-13-21(14-6-2-1-3-7-14)28-20-9-5-4-8-16(19)20/h1-12,21,24H,13H2,(H,26,27)/p-1/t21-/m1/s1. The number of para-hydroxylation sites is 1. The zero-order valence-corrected chi connectivity index (χ0v) is 15.5. The molecule has 3 aromatic rings. The van der Waals surface area contributed by atoms with E-state index in [4.69, 9.17) is 16.3 Å². The summed E-state index contributed by atoms with van der Waals surface area (Å²) in [6, 6.07) is 22.2. The number of hydrogen-bond donors (Lipinski definition) is 1. The number of carboxylic acids is 1. The fourth-order valence-corrected chi connectivity index (χ4v) is 3.33. The Hall–Kier alpha value is -3.31. The van der Waals surface area contributed by atoms with E-state index in [2.05, 4.69) is 10.5 Å². The zero-order valence-electron chi connectivity index (χ0n) is 14.8. The van der Waals surface area contributed by atoms with Crippen molar-refractivity contribution < 1.29 is 14.6 Å². The Bertz CT molecular complexity index is 1050. The van der Waals surface area contributed by atoms with E-state index in [9.17, 15) is 9.90 Å². The third kappa shape index (κ3) is 3.70. The fraction of sp³-hybridized carbons (Fsp3) is 0.0909. The highest BCUT2D eigenvalue weighted by molar-refractivity contribution is 6.33. The van der Waals surface area contributed by atoms with E-state index in [0.717, 1.165) is 22.6 Å². The van der Waals surface area contributed by atoms with Gasteiger partial charge in [0.05, 0.1) is 17.4 Å². The maximum atomic E-state index is 11.2. The number of carbonyl (C=O) groups excluding carboxylic acids is 1. The lowest BCUT2D eigenvalue weighted by Gasteiger charge is -2.27. The van der Waals surface area contributed by atoms with E-state index in [-0.39, 0.29) is 16.7 Å². The smallest absolute Gasteiger partial charge is 0.129 e. The topological polar surface area (TPSA) is 73.8 Å². The number of ether oxygens (including phenoxy) is 1. The minimum atomic E-state index is -1.33. The van der Waals surface area contributed by atoms with Crippen LogP contribution in [0.25, 0.3) is 0 Å². The molecule has 4 rings (SSSR count). The van der Waals surface area contributed by atoms with Crippen LogP contribution in [0.2, 0.25) is 5.02 Å². The van der Waals surface area contributed by atoms with E-state index >= 15 is 0 Å². The van der Waals surface area contributed by atoms with Gasteiger partial charge in [-0.2, -0.15) is 5.10 Å². The largest absolute Gasteiger partial charge is 0.545 e. The third-order valence-electron chi connectivity index (χ3n) is 4.52. The average Bonchev–Trinajstić information content (AvgIpc) is 2.73. The van der Waals surface area contributed by atoms with Gasteiger partial charge in [-0.3, -0.25) is 5.43 Å². The molecule has 1 heterocycles. The van der Waals surface area contributed by atoms with Gasteiger partial charge >= 0.3 is 0 Å². The van der Waals surface area contributed by atoms with Gasteiger partial charge in [-0.1, -0.05) is 54.1 Å². The molecular weight excluding hydrogens is 376 g/mol. The third-order valence-corrected chi connectivity index (χ3v) is 4.85. The summed E-state index contributed by atoms with van der Waals surface area (Å²) in [6.07, 6.45) is 0.426. The van der Waals surface area contributed by atoms with Gasteiger partial charge in [-0.05, 0) is 35.9 Å². The number of nitrogens with zero attached hydrogens (tertiary/aromatic N) is 1. The highest BCUT2D eigenvalue weighted by atomic mass is 35.5. The molecule has 0 unspecified atom stereocenters. The van der Waals surface area contributed by atoms with Crippen LogP contribution in [0.5, 0.6) is 5.75 Å². The van der Waals surface area contributed by atoms with E-state index < -0.39 is 5.97 Å². The molecule has 6 heteroatoms. The summed E-state index contributed by atoms with van der Waals surface area (Å²) in [4.78, 5) is 11.2. The molecule has 3 aromatic carbocycles. The summed E-state index contributed by atoms with van der Waals surface area (Å²) in [5.74, 6) is -0.573. The summed E-state index contributed by atoms with van der Waals surface area (Å²) in [6.45, 7) is 0. The van der Waals surface area contributed by atoms with Gasteiger partial charge in [-0.25, -0.2) is 0 Å². The lowest BCUT2D eigenvalue weighted by Crippen LogP contribution is -2.23. The predicted molar refractivity (Wildman–Crippen MR) is 107 cm³/mol. The highest BCUT2D eigenvalue weighted by Gasteiger charge is 2.26. The molecule has 0 amide bonds. The van der Waals surface area contributed by atoms with Gasteiger partial charge in [0.2, 0.25) is 0 Å². The number of anilines is 1. The van der Waals surface area contributed by atoms with Crippen LogP contribution in [0.15, 0.2) is 77.9 Å². The summed E-state index contributed by atoms with van der Waals surface area (Å²) >= 11 is 5.89. The second-order valence-electron chi connectivity index (χ2n) is 6.37. The number of hydrogen-bond acceptors (Lipinski definition) is 5. The summed E-state index contributed by atoms with van der Waals surface area (Å²) in [7, 11) is 0. The summed E-state index contributed by atoms with van der Waals surface area (Å²) in [5.41, 5.74) is 6.15. The van der Waals surface area contributed by atoms with Gasteiger partial charge in [0.1, 0.15) is 11.9 Å². The van der Waals surface area contributed by atoms with E-state index in [1.807, 2.05) is 54.6 Å². The van der Waals surface area contributed by atoms with Crippen molar-refractivity contribution in [3.63, 3.8) is 0 Å². The zero-order chi connectivity index (χ0) is 19.5. The first-order valence-corrected chi connectivity index (χ1v) is 9.14. The molecule has 0 saturated heterocycles. The van der Waals surface area contributed by atoms with Crippen molar-refractivity contribution in [1.82, 2.24) is 0 Å². The van der Waals surface area contributed by atoms with Crippen molar-refractivity contribution in [3.05, 3.63) is 94.5 Å². The predicted octanol–water partition coefficient (Wildman–Crippen LogP) is 4.04. The van der Waals surface area contributed by atoms with Gasteiger partial charge in [0.25, 0.3) is 0 Å². The number of carboxylic acid groups (broad SMARTS) is 1. The van der Waals surface area contributed by atoms with Gasteiger partial charge in [0, 0.05) is 22.6 Å². The van der Waals surface area contributed by atoms with Crippen LogP contribution in [-0.4, -0.2) is 11.7 Å². The Balaban J connectivity index is 1.66. The molecular formula is C22H16ClN2O3-. The van der Waals surface area contributed by atoms with Crippen LogP contribution in [0.1, 0.15) is 34.0 Å². The Morgan fingerprint density at radius 1 is 1.07 bits per heavy atom. The second-order valence-corrected chi connectivity index (χ2v) is 6.78. The maximum absolute atomic E-state index is 11.2. The highest BCUT2D eigenvalue weighted by Crippen LogP contribution is 2.35. The molecule has 0 radical (unpaired) electrons. The lowest BCUT2D eigenvalue weighted by atomic mass is 9.96. The number of rotatable bonds is 4. The molecule has 0 bridgehead atoms. The number of nitrogens with one attached hydrogen (secondary N) is 1.